The van der Waals surface area contributed by atoms with Gasteiger partial charge in [0.2, 0.25) is 0 Å². The number of nitrogens with one attached hydrogen (secondary N) is 1. The zero-order chi connectivity index (χ0) is 15.2. The summed E-state index contributed by atoms with van der Waals surface area (Å²) >= 11 is 6.26. The molecule has 2 atom stereocenters. The van der Waals surface area contributed by atoms with Gasteiger partial charge in [0.1, 0.15) is 5.75 Å². The Morgan fingerprint density at radius 3 is 2.86 bits per heavy atom. The molecule has 118 valence electrons. The van der Waals surface area contributed by atoms with Gasteiger partial charge in [0.15, 0.2) is 0 Å². The zero-order valence-electron chi connectivity index (χ0n) is 13.2. The highest BCUT2D eigenvalue weighted by molar-refractivity contribution is 6.30. The van der Waals surface area contributed by atoms with E-state index < -0.39 is 0 Å². The van der Waals surface area contributed by atoms with Crippen molar-refractivity contribution in [2.75, 3.05) is 20.3 Å². The third-order valence-corrected chi connectivity index (χ3v) is 4.27. The van der Waals surface area contributed by atoms with Crippen molar-refractivity contribution in [3.05, 3.63) is 28.3 Å². The fraction of sp³-hybridized carbons (Fsp3) is 0.647. The smallest absolute Gasteiger partial charge is 0.125 e. The first kappa shape index (κ1) is 16.6. The highest BCUT2D eigenvalue weighted by Gasteiger charge is 2.24. The van der Waals surface area contributed by atoms with E-state index in [2.05, 4.69) is 19.2 Å². The fourth-order valence-corrected chi connectivity index (χ4v) is 3.36. The van der Waals surface area contributed by atoms with Crippen LogP contribution in [0.25, 0.3) is 0 Å². The second-order valence-electron chi connectivity index (χ2n) is 5.58. The van der Waals surface area contributed by atoms with Gasteiger partial charge in [0.25, 0.3) is 0 Å². The molecule has 1 aromatic carbocycles. The van der Waals surface area contributed by atoms with E-state index in [9.17, 15) is 0 Å². The normalized spacial score (nSPS) is 16.4. The first-order chi connectivity index (χ1) is 10.2. The van der Waals surface area contributed by atoms with Gasteiger partial charge in [-0.25, -0.2) is 0 Å². The van der Waals surface area contributed by atoms with Gasteiger partial charge in [-0.05, 0) is 42.6 Å². The average molecular weight is 312 g/mol. The van der Waals surface area contributed by atoms with Crippen LogP contribution in [0.1, 0.15) is 37.8 Å². The van der Waals surface area contributed by atoms with Crippen molar-refractivity contribution < 1.29 is 9.47 Å². The Bertz CT molecular complexity index is 464. The van der Waals surface area contributed by atoms with Crippen LogP contribution in [0.2, 0.25) is 5.02 Å². The summed E-state index contributed by atoms with van der Waals surface area (Å²) in [5, 5.41) is 4.35. The highest BCUT2D eigenvalue weighted by Crippen LogP contribution is 2.34. The predicted molar refractivity (Wildman–Crippen MR) is 87.5 cm³/mol. The molecule has 0 fully saturated rings. The lowest BCUT2D eigenvalue weighted by atomic mass is 9.96. The van der Waals surface area contributed by atoms with Crippen LogP contribution in [0, 0.1) is 0 Å². The van der Waals surface area contributed by atoms with Crippen molar-refractivity contribution in [1.82, 2.24) is 5.32 Å². The Kier molecular flexibility index (Phi) is 6.34. The molecule has 4 heteroatoms. The maximum atomic E-state index is 6.26. The monoisotopic (exact) mass is 311 g/mol. The van der Waals surface area contributed by atoms with E-state index in [1.54, 1.807) is 7.11 Å². The molecule has 1 N–H and O–H groups in total. The van der Waals surface area contributed by atoms with E-state index >= 15 is 0 Å². The van der Waals surface area contributed by atoms with Gasteiger partial charge in [-0.1, -0.05) is 31.9 Å². The van der Waals surface area contributed by atoms with E-state index in [0.717, 1.165) is 49.6 Å². The fourth-order valence-electron chi connectivity index (χ4n) is 3.10. The third kappa shape index (κ3) is 4.12. The van der Waals surface area contributed by atoms with Crippen molar-refractivity contribution >= 4 is 11.6 Å². The van der Waals surface area contributed by atoms with Gasteiger partial charge >= 0.3 is 0 Å². The third-order valence-electron chi connectivity index (χ3n) is 4.06. The molecule has 21 heavy (non-hydrogen) atoms. The van der Waals surface area contributed by atoms with Gasteiger partial charge < -0.3 is 14.8 Å². The minimum atomic E-state index is 0.214. The first-order valence-electron chi connectivity index (χ1n) is 7.89. The van der Waals surface area contributed by atoms with Crippen molar-refractivity contribution in [2.24, 2.45) is 0 Å². The summed E-state index contributed by atoms with van der Waals surface area (Å²) in [4.78, 5) is 0. The minimum Gasteiger partial charge on any atom is -0.493 e. The van der Waals surface area contributed by atoms with Gasteiger partial charge in [0, 0.05) is 24.6 Å². The highest BCUT2D eigenvalue weighted by atomic mass is 35.5. The summed E-state index contributed by atoms with van der Waals surface area (Å²) in [7, 11) is 1.80. The Labute approximate surface area is 133 Å². The quantitative estimate of drug-likeness (QED) is 0.795. The van der Waals surface area contributed by atoms with E-state index in [-0.39, 0.29) is 12.1 Å². The Morgan fingerprint density at radius 2 is 2.19 bits per heavy atom. The molecule has 0 bridgehead atoms. The van der Waals surface area contributed by atoms with Gasteiger partial charge in [-0.15, -0.1) is 0 Å². The van der Waals surface area contributed by atoms with Crippen LogP contribution >= 0.6 is 11.6 Å². The maximum Gasteiger partial charge on any atom is 0.125 e. The lowest BCUT2D eigenvalue weighted by Gasteiger charge is -2.27. The number of benzene rings is 1. The molecule has 0 saturated carbocycles. The Balaban J connectivity index is 2.20. The van der Waals surface area contributed by atoms with Crippen molar-refractivity contribution in [3.63, 3.8) is 0 Å². The van der Waals surface area contributed by atoms with E-state index in [1.165, 1.54) is 11.1 Å². The van der Waals surface area contributed by atoms with Crippen LogP contribution in [0.15, 0.2) is 12.1 Å². The van der Waals surface area contributed by atoms with E-state index in [0.29, 0.717) is 0 Å². The first-order valence-corrected chi connectivity index (χ1v) is 8.27. The maximum absolute atomic E-state index is 6.26. The van der Waals surface area contributed by atoms with Gasteiger partial charge in [0.05, 0.1) is 12.7 Å². The Hall–Kier alpha value is -0.770. The molecule has 1 aromatic rings. The number of ether oxygens (including phenoxy) is 2. The summed E-state index contributed by atoms with van der Waals surface area (Å²) < 4.78 is 11.5. The summed E-state index contributed by atoms with van der Waals surface area (Å²) in [6.45, 7) is 6.01. The van der Waals surface area contributed by atoms with Crippen LogP contribution in [0.3, 0.4) is 0 Å². The number of likely N-dealkylation sites (N-methyl/N-ethyl adjacent to an activating group) is 1. The number of halogens is 1. The molecule has 0 amide bonds. The topological polar surface area (TPSA) is 30.5 Å². The summed E-state index contributed by atoms with van der Waals surface area (Å²) in [6.07, 6.45) is 4.22. The molecule has 3 nitrogen and oxygen atoms in total. The van der Waals surface area contributed by atoms with E-state index in [4.69, 9.17) is 21.1 Å². The molecule has 0 aliphatic carbocycles. The predicted octanol–water partition coefficient (Wildman–Crippen LogP) is 3.61. The largest absolute Gasteiger partial charge is 0.493 e. The second kappa shape index (κ2) is 8.02. The standard InChI is InChI=1S/C17H26ClNO2/c1-4-6-16(20-3)15(19-5-2)11-13-10-14(18)9-12-7-8-21-17(12)13/h9-10,15-16,19H,4-8,11H2,1-3H3. The Morgan fingerprint density at radius 1 is 1.38 bits per heavy atom. The molecular weight excluding hydrogens is 286 g/mol. The molecule has 0 aromatic heterocycles. The van der Waals surface area contributed by atoms with Crippen molar-refractivity contribution in [3.8, 4) is 5.75 Å². The molecule has 0 saturated heterocycles. The number of hydrogen-bond acceptors (Lipinski definition) is 3. The molecule has 1 aliphatic heterocycles. The van der Waals surface area contributed by atoms with Crippen LogP contribution in [-0.4, -0.2) is 32.4 Å². The number of fused-ring (bicyclic) bond motifs is 1. The van der Waals surface area contributed by atoms with Crippen molar-refractivity contribution in [1.29, 1.82) is 0 Å². The lowest BCUT2D eigenvalue weighted by Crippen LogP contribution is -2.42. The molecule has 2 unspecified atom stereocenters. The summed E-state index contributed by atoms with van der Waals surface area (Å²) in [5.74, 6) is 1.04. The molecule has 1 heterocycles. The van der Waals surface area contributed by atoms with Crippen LogP contribution in [0.4, 0.5) is 0 Å². The summed E-state index contributed by atoms with van der Waals surface area (Å²) in [5.41, 5.74) is 2.43. The number of rotatable bonds is 8. The van der Waals surface area contributed by atoms with Crippen LogP contribution in [0.5, 0.6) is 5.75 Å². The van der Waals surface area contributed by atoms with Crippen molar-refractivity contribution in [2.45, 2.75) is 51.7 Å². The minimum absolute atomic E-state index is 0.214. The zero-order valence-corrected chi connectivity index (χ0v) is 14.0. The molecule has 0 radical (unpaired) electrons. The summed E-state index contributed by atoms with van der Waals surface area (Å²) in [6, 6.07) is 4.34. The molecular formula is C17H26ClNO2. The molecule has 0 spiro atoms. The van der Waals surface area contributed by atoms with Gasteiger partial charge in [-0.3, -0.25) is 0 Å². The number of methoxy groups -OCH3 is 1. The molecule has 1 aliphatic rings. The van der Waals surface area contributed by atoms with Gasteiger partial charge in [-0.2, -0.15) is 0 Å². The SMILES string of the molecule is CCCC(OC)C(Cc1cc(Cl)cc2c1OCC2)NCC. The van der Waals surface area contributed by atoms with Crippen LogP contribution in [-0.2, 0) is 17.6 Å². The van der Waals surface area contributed by atoms with E-state index in [1.807, 2.05) is 12.1 Å². The molecule has 2 rings (SSSR count). The number of hydrogen-bond donors (Lipinski definition) is 1. The lowest BCUT2D eigenvalue weighted by molar-refractivity contribution is 0.0612. The second-order valence-corrected chi connectivity index (χ2v) is 6.02. The average Bonchev–Trinajstić information content (AvgIpc) is 2.92. The van der Waals surface area contributed by atoms with Crippen LogP contribution < -0.4 is 10.1 Å².